The maximum Gasteiger partial charge on any atom is 0.242 e. The van der Waals surface area contributed by atoms with E-state index < -0.39 is 0 Å². The number of hydrogen-bond donors (Lipinski definition) is 2. The zero-order chi connectivity index (χ0) is 14.2. The molecule has 6 heteroatoms. The Balaban J connectivity index is 1.68. The predicted molar refractivity (Wildman–Crippen MR) is 78.9 cm³/mol. The third kappa shape index (κ3) is 4.85. The van der Waals surface area contributed by atoms with Crippen molar-refractivity contribution in [3.63, 3.8) is 0 Å². The maximum absolute atomic E-state index is 5.97. The van der Waals surface area contributed by atoms with Crippen molar-refractivity contribution in [3.8, 4) is 5.88 Å². The average Bonchev–Trinajstić information content (AvgIpc) is 3.27. The second-order valence-corrected chi connectivity index (χ2v) is 5.09. The number of ether oxygens (including phenoxy) is 2. The molecule has 3 N–H and O–H groups in total. The Morgan fingerprint density at radius 2 is 2.20 bits per heavy atom. The summed E-state index contributed by atoms with van der Waals surface area (Å²) >= 11 is 0. The van der Waals surface area contributed by atoms with Gasteiger partial charge in [-0.1, -0.05) is 6.92 Å². The van der Waals surface area contributed by atoms with Gasteiger partial charge in [-0.2, -0.15) is 4.98 Å². The molecular weight excluding hydrogens is 256 g/mol. The molecule has 1 aromatic rings. The van der Waals surface area contributed by atoms with Gasteiger partial charge in [0.15, 0.2) is 5.82 Å². The first-order chi connectivity index (χ1) is 9.81. The molecule has 0 unspecified atom stereocenters. The van der Waals surface area contributed by atoms with Crippen molar-refractivity contribution in [2.75, 3.05) is 37.4 Å². The van der Waals surface area contributed by atoms with Crippen LogP contribution in [0.5, 0.6) is 5.88 Å². The molecule has 0 saturated heterocycles. The van der Waals surface area contributed by atoms with Gasteiger partial charge in [0.2, 0.25) is 5.88 Å². The van der Waals surface area contributed by atoms with Crippen molar-refractivity contribution >= 4 is 11.5 Å². The van der Waals surface area contributed by atoms with Crippen LogP contribution in [0.15, 0.2) is 6.33 Å². The molecule has 20 heavy (non-hydrogen) atoms. The number of rotatable bonds is 10. The molecule has 0 aliphatic heterocycles. The SMILES string of the molecule is CCCOc1ncnc(NCCCOCC2CC2)c1N. The highest BCUT2D eigenvalue weighted by atomic mass is 16.5. The van der Waals surface area contributed by atoms with Crippen LogP contribution in [0.2, 0.25) is 0 Å². The summed E-state index contributed by atoms with van der Waals surface area (Å²) in [5, 5.41) is 3.20. The van der Waals surface area contributed by atoms with E-state index in [1.165, 1.54) is 19.2 Å². The van der Waals surface area contributed by atoms with E-state index in [1.54, 1.807) is 0 Å². The number of anilines is 2. The van der Waals surface area contributed by atoms with Crippen molar-refractivity contribution in [1.29, 1.82) is 0 Å². The maximum atomic E-state index is 5.97. The topological polar surface area (TPSA) is 82.3 Å². The molecule has 2 rings (SSSR count). The van der Waals surface area contributed by atoms with Crippen LogP contribution < -0.4 is 15.8 Å². The Morgan fingerprint density at radius 3 is 2.95 bits per heavy atom. The first-order valence-electron chi connectivity index (χ1n) is 7.36. The van der Waals surface area contributed by atoms with Crippen LogP contribution in [-0.2, 0) is 4.74 Å². The van der Waals surface area contributed by atoms with Gasteiger partial charge < -0.3 is 20.5 Å². The van der Waals surface area contributed by atoms with Crippen molar-refractivity contribution < 1.29 is 9.47 Å². The Hall–Kier alpha value is -1.56. The van der Waals surface area contributed by atoms with Crippen LogP contribution in [0.25, 0.3) is 0 Å². The fraction of sp³-hybridized carbons (Fsp3) is 0.714. The average molecular weight is 280 g/mol. The van der Waals surface area contributed by atoms with Gasteiger partial charge in [-0.25, -0.2) is 4.98 Å². The van der Waals surface area contributed by atoms with Gasteiger partial charge in [0.1, 0.15) is 12.0 Å². The summed E-state index contributed by atoms with van der Waals surface area (Å²) in [6.07, 6.45) is 5.98. The molecule has 0 bridgehead atoms. The summed E-state index contributed by atoms with van der Waals surface area (Å²) < 4.78 is 11.0. The zero-order valence-corrected chi connectivity index (χ0v) is 12.1. The Labute approximate surface area is 120 Å². The zero-order valence-electron chi connectivity index (χ0n) is 12.1. The van der Waals surface area contributed by atoms with Crippen LogP contribution in [-0.4, -0.2) is 36.3 Å². The summed E-state index contributed by atoms with van der Waals surface area (Å²) in [5.74, 6) is 1.90. The molecule has 0 amide bonds. The van der Waals surface area contributed by atoms with Gasteiger partial charge in [0.05, 0.1) is 6.61 Å². The number of nitrogens with one attached hydrogen (secondary N) is 1. The van der Waals surface area contributed by atoms with Crippen LogP contribution in [0.1, 0.15) is 32.6 Å². The number of nitrogens with zero attached hydrogens (tertiary/aromatic N) is 2. The minimum atomic E-state index is 0.453. The molecule has 1 aliphatic carbocycles. The quantitative estimate of drug-likeness (QED) is 0.638. The highest BCUT2D eigenvalue weighted by Gasteiger charge is 2.20. The van der Waals surface area contributed by atoms with Gasteiger partial charge in [-0.3, -0.25) is 0 Å². The second kappa shape index (κ2) is 7.89. The van der Waals surface area contributed by atoms with E-state index in [0.717, 1.165) is 38.5 Å². The molecule has 0 aromatic carbocycles. The van der Waals surface area contributed by atoms with Gasteiger partial charge in [-0.05, 0) is 31.6 Å². The number of hydrogen-bond acceptors (Lipinski definition) is 6. The van der Waals surface area contributed by atoms with Crippen molar-refractivity contribution in [1.82, 2.24) is 9.97 Å². The Kier molecular flexibility index (Phi) is 5.86. The largest absolute Gasteiger partial charge is 0.476 e. The molecule has 1 aromatic heterocycles. The molecule has 0 atom stereocenters. The summed E-state index contributed by atoms with van der Waals surface area (Å²) in [7, 11) is 0. The lowest BCUT2D eigenvalue weighted by Crippen LogP contribution is -2.11. The molecule has 112 valence electrons. The van der Waals surface area contributed by atoms with Crippen molar-refractivity contribution in [2.45, 2.75) is 32.6 Å². The van der Waals surface area contributed by atoms with Gasteiger partial charge >= 0.3 is 0 Å². The molecule has 0 spiro atoms. The second-order valence-electron chi connectivity index (χ2n) is 5.09. The van der Waals surface area contributed by atoms with Crippen LogP contribution in [0.3, 0.4) is 0 Å². The molecule has 0 radical (unpaired) electrons. The van der Waals surface area contributed by atoms with E-state index in [1.807, 2.05) is 6.92 Å². The van der Waals surface area contributed by atoms with Crippen molar-refractivity contribution in [3.05, 3.63) is 6.33 Å². The lowest BCUT2D eigenvalue weighted by molar-refractivity contribution is 0.124. The standard InChI is InChI=1S/C14H24N4O2/c1-2-7-20-14-12(15)13(17-10-18-14)16-6-3-8-19-9-11-4-5-11/h10-11H,2-9,15H2,1H3,(H,16,17,18). The first-order valence-corrected chi connectivity index (χ1v) is 7.36. The molecule has 1 saturated carbocycles. The van der Waals surface area contributed by atoms with E-state index in [2.05, 4.69) is 15.3 Å². The molecular formula is C14H24N4O2. The van der Waals surface area contributed by atoms with E-state index in [4.69, 9.17) is 15.2 Å². The number of nitrogen functional groups attached to an aromatic ring is 1. The highest BCUT2D eigenvalue weighted by Crippen LogP contribution is 2.28. The molecule has 1 aliphatic rings. The van der Waals surface area contributed by atoms with E-state index in [-0.39, 0.29) is 0 Å². The lowest BCUT2D eigenvalue weighted by Gasteiger charge is -2.11. The molecule has 1 fully saturated rings. The number of aromatic nitrogens is 2. The Morgan fingerprint density at radius 1 is 1.35 bits per heavy atom. The molecule has 1 heterocycles. The monoisotopic (exact) mass is 280 g/mol. The minimum absolute atomic E-state index is 0.453. The van der Waals surface area contributed by atoms with Crippen LogP contribution >= 0.6 is 0 Å². The smallest absolute Gasteiger partial charge is 0.242 e. The third-order valence-electron chi connectivity index (χ3n) is 3.10. The predicted octanol–water partition coefficient (Wildman–Crippen LogP) is 2.08. The van der Waals surface area contributed by atoms with E-state index in [0.29, 0.717) is 24.0 Å². The van der Waals surface area contributed by atoms with Gasteiger partial charge in [0, 0.05) is 19.8 Å². The number of nitrogens with two attached hydrogens (primary N) is 1. The lowest BCUT2D eigenvalue weighted by atomic mass is 10.4. The normalized spacial score (nSPS) is 14.2. The third-order valence-corrected chi connectivity index (χ3v) is 3.10. The summed E-state index contributed by atoms with van der Waals surface area (Å²) in [6.45, 7) is 5.10. The fourth-order valence-electron chi connectivity index (χ4n) is 1.75. The van der Waals surface area contributed by atoms with Crippen molar-refractivity contribution in [2.24, 2.45) is 5.92 Å². The molecule has 6 nitrogen and oxygen atoms in total. The Bertz CT molecular complexity index is 410. The first kappa shape index (κ1) is 14.8. The van der Waals surface area contributed by atoms with E-state index in [9.17, 15) is 0 Å². The summed E-state index contributed by atoms with van der Waals surface area (Å²) in [6, 6.07) is 0. The fourth-order valence-corrected chi connectivity index (χ4v) is 1.75. The highest BCUT2D eigenvalue weighted by molar-refractivity contribution is 5.66. The van der Waals surface area contributed by atoms with Crippen LogP contribution in [0.4, 0.5) is 11.5 Å². The minimum Gasteiger partial charge on any atom is -0.476 e. The van der Waals surface area contributed by atoms with Gasteiger partial charge in [-0.15, -0.1) is 0 Å². The van der Waals surface area contributed by atoms with Crippen LogP contribution in [0, 0.1) is 5.92 Å². The van der Waals surface area contributed by atoms with Gasteiger partial charge in [0.25, 0.3) is 0 Å². The summed E-state index contributed by atoms with van der Waals surface area (Å²) in [4.78, 5) is 8.17. The summed E-state index contributed by atoms with van der Waals surface area (Å²) in [5.41, 5.74) is 6.44. The van der Waals surface area contributed by atoms with E-state index >= 15 is 0 Å².